The van der Waals surface area contributed by atoms with Gasteiger partial charge in [-0.15, -0.1) is 0 Å². The van der Waals surface area contributed by atoms with Gasteiger partial charge in [0.2, 0.25) is 10.0 Å². The number of nitrogens with zero attached hydrogens (tertiary/aromatic N) is 1. The third-order valence-corrected chi connectivity index (χ3v) is 5.89. The molecule has 3 rings (SSSR count). The van der Waals surface area contributed by atoms with Crippen LogP contribution in [0.1, 0.15) is 5.56 Å². The molecule has 0 fully saturated rings. The first-order chi connectivity index (χ1) is 11.3. The second-order valence-corrected chi connectivity index (χ2v) is 8.57. The Hall–Kier alpha value is -1.55. The van der Waals surface area contributed by atoms with Gasteiger partial charge in [-0.2, -0.15) is 0 Å². The van der Waals surface area contributed by atoms with Crippen LogP contribution in [-0.4, -0.2) is 19.9 Å². The molecule has 3 N–H and O–H groups in total. The summed E-state index contributed by atoms with van der Waals surface area (Å²) < 4.78 is 37.1. The maximum Gasteiger partial charge on any atom is 0.238 e. The van der Waals surface area contributed by atoms with Gasteiger partial charge in [0.25, 0.3) is 0 Å². The van der Waals surface area contributed by atoms with Crippen molar-refractivity contribution in [3.05, 3.63) is 52.3 Å². The third-order valence-electron chi connectivity index (χ3n) is 3.37. The molecular weight excluding hydrogens is 417 g/mol. The van der Waals surface area contributed by atoms with Crippen LogP contribution >= 0.6 is 27.3 Å². The number of sulfonamides is 1. The quantitative estimate of drug-likeness (QED) is 0.649. The van der Waals surface area contributed by atoms with Gasteiger partial charge in [-0.1, -0.05) is 23.5 Å². The number of nitrogens with two attached hydrogens (primary N) is 1. The summed E-state index contributed by atoms with van der Waals surface area (Å²) in [6.45, 7) is 0.623. The molecule has 0 saturated heterocycles. The van der Waals surface area contributed by atoms with Gasteiger partial charge in [0.1, 0.15) is 5.82 Å². The van der Waals surface area contributed by atoms with E-state index < -0.39 is 10.0 Å². The Morgan fingerprint density at radius 2 is 1.96 bits per heavy atom. The Balaban J connectivity index is 1.64. The topological polar surface area (TPSA) is 85.1 Å². The van der Waals surface area contributed by atoms with Crippen LogP contribution in [0.2, 0.25) is 0 Å². The molecule has 3 aromatic rings. The molecule has 0 unspecified atom stereocenters. The number of fused-ring (bicyclic) bond motifs is 1. The first-order valence-electron chi connectivity index (χ1n) is 6.94. The van der Waals surface area contributed by atoms with E-state index in [1.807, 2.05) is 0 Å². The lowest BCUT2D eigenvalue weighted by atomic mass is 10.1. The minimum Gasteiger partial charge on any atom is -0.361 e. The molecule has 0 amide bonds. The number of thiazole rings is 1. The number of primary sulfonamides is 1. The molecule has 5 nitrogen and oxygen atoms in total. The Morgan fingerprint density at radius 3 is 2.62 bits per heavy atom. The molecule has 0 aliphatic carbocycles. The summed E-state index contributed by atoms with van der Waals surface area (Å²) in [5.41, 5.74) is 1.71. The number of halogens is 2. The van der Waals surface area contributed by atoms with Crippen molar-refractivity contribution in [3.8, 4) is 0 Å². The van der Waals surface area contributed by atoms with Crippen LogP contribution in [0.5, 0.6) is 0 Å². The smallest absolute Gasteiger partial charge is 0.238 e. The summed E-state index contributed by atoms with van der Waals surface area (Å²) >= 11 is 4.53. The van der Waals surface area contributed by atoms with E-state index in [0.717, 1.165) is 15.8 Å². The van der Waals surface area contributed by atoms with Crippen LogP contribution in [0.3, 0.4) is 0 Å². The first-order valence-corrected chi connectivity index (χ1v) is 10.1. The number of aromatic nitrogens is 1. The van der Waals surface area contributed by atoms with Crippen molar-refractivity contribution in [1.29, 1.82) is 0 Å². The van der Waals surface area contributed by atoms with Crippen LogP contribution in [0, 0.1) is 5.82 Å². The fourth-order valence-electron chi connectivity index (χ4n) is 2.16. The number of rotatable bonds is 5. The van der Waals surface area contributed by atoms with Gasteiger partial charge in [0.05, 0.1) is 19.6 Å². The number of nitrogens with one attached hydrogen (secondary N) is 1. The Kier molecular flexibility index (Phi) is 4.86. The van der Waals surface area contributed by atoms with Crippen molar-refractivity contribution >= 4 is 52.6 Å². The van der Waals surface area contributed by atoms with Gasteiger partial charge in [0, 0.05) is 6.54 Å². The molecule has 1 heterocycles. The summed E-state index contributed by atoms with van der Waals surface area (Å²) in [6.07, 6.45) is 0.693. The molecule has 0 saturated carbocycles. The van der Waals surface area contributed by atoms with E-state index in [1.165, 1.54) is 29.5 Å². The highest BCUT2D eigenvalue weighted by atomic mass is 79.9. The third kappa shape index (κ3) is 3.92. The van der Waals surface area contributed by atoms with Crippen molar-refractivity contribution in [2.75, 3.05) is 11.9 Å². The van der Waals surface area contributed by atoms with E-state index in [2.05, 4.69) is 26.2 Å². The minimum absolute atomic E-state index is 0.0954. The molecule has 0 aliphatic heterocycles. The SMILES string of the molecule is NS(=O)(=O)c1ccc(CCNc2nc3cc(Br)c(F)cc3s2)cc1. The fourth-order valence-corrected chi connectivity index (χ4v) is 3.90. The molecule has 0 atom stereocenters. The monoisotopic (exact) mass is 429 g/mol. The Labute approximate surface area is 150 Å². The van der Waals surface area contributed by atoms with Crippen LogP contribution in [-0.2, 0) is 16.4 Å². The first kappa shape index (κ1) is 17.3. The number of hydrogen-bond acceptors (Lipinski definition) is 5. The van der Waals surface area contributed by atoms with E-state index >= 15 is 0 Å². The Morgan fingerprint density at radius 1 is 1.25 bits per heavy atom. The van der Waals surface area contributed by atoms with E-state index in [9.17, 15) is 12.8 Å². The van der Waals surface area contributed by atoms with Gasteiger partial charge < -0.3 is 5.32 Å². The average molecular weight is 430 g/mol. The van der Waals surface area contributed by atoms with Crippen molar-refractivity contribution in [1.82, 2.24) is 4.98 Å². The van der Waals surface area contributed by atoms with Gasteiger partial charge >= 0.3 is 0 Å². The van der Waals surface area contributed by atoms with Gasteiger partial charge in [0.15, 0.2) is 5.13 Å². The molecule has 126 valence electrons. The van der Waals surface area contributed by atoms with Crippen molar-refractivity contribution in [2.45, 2.75) is 11.3 Å². The average Bonchev–Trinajstić information content (AvgIpc) is 2.89. The molecule has 0 spiro atoms. The summed E-state index contributed by atoms with van der Waals surface area (Å²) in [7, 11) is -3.66. The lowest BCUT2D eigenvalue weighted by molar-refractivity contribution is 0.597. The van der Waals surface area contributed by atoms with Crippen molar-refractivity contribution in [3.63, 3.8) is 0 Å². The lowest BCUT2D eigenvalue weighted by Crippen LogP contribution is -2.12. The standard InChI is InChI=1S/C15H13BrFN3O2S2/c16-11-7-13-14(8-12(11)17)23-15(20-13)19-6-5-9-1-3-10(4-2-9)24(18,21)22/h1-4,7-8H,5-6H2,(H,19,20)(H2,18,21,22). The largest absolute Gasteiger partial charge is 0.361 e. The zero-order valence-electron chi connectivity index (χ0n) is 12.3. The highest BCUT2D eigenvalue weighted by Gasteiger charge is 2.09. The zero-order valence-corrected chi connectivity index (χ0v) is 15.5. The maximum atomic E-state index is 13.5. The fraction of sp³-hybridized carbons (Fsp3) is 0.133. The maximum absolute atomic E-state index is 13.5. The van der Waals surface area contributed by atoms with Crippen molar-refractivity contribution in [2.24, 2.45) is 5.14 Å². The highest BCUT2D eigenvalue weighted by Crippen LogP contribution is 2.30. The van der Waals surface area contributed by atoms with Gasteiger partial charge in [-0.25, -0.2) is 22.9 Å². The molecule has 0 radical (unpaired) electrons. The second-order valence-electron chi connectivity index (χ2n) is 5.12. The summed E-state index contributed by atoms with van der Waals surface area (Å²) in [4.78, 5) is 4.50. The molecular formula is C15H13BrFN3O2S2. The van der Waals surface area contributed by atoms with E-state index in [4.69, 9.17) is 5.14 Å². The van der Waals surface area contributed by atoms with E-state index in [0.29, 0.717) is 22.6 Å². The summed E-state index contributed by atoms with van der Waals surface area (Å²) in [5, 5.41) is 8.97. The lowest BCUT2D eigenvalue weighted by Gasteiger charge is -2.04. The second kappa shape index (κ2) is 6.75. The van der Waals surface area contributed by atoms with Crippen LogP contribution in [0.15, 0.2) is 45.8 Å². The number of hydrogen-bond donors (Lipinski definition) is 2. The van der Waals surface area contributed by atoms with Crippen molar-refractivity contribution < 1.29 is 12.8 Å². The summed E-state index contributed by atoms with van der Waals surface area (Å²) in [5.74, 6) is -0.312. The molecule has 0 bridgehead atoms. The van der Waals surface area contributed by atoms with Gasteiger partial charge in [-0.3, -0.25) is 0 Å². The van der Waals surface area contributed by atoms with E-state index in [-0.39, 0.29) is 10.7 Å². The van der Waals surface area contributed by atoms with E-state index in [1.54, 1.807) is 18.2 Å². The number of benzene rings is 2. The highest BCUT2D eigenvalue weighted by molar-refractivity contribution is 9.10. The molecule has 0 aliphatic rings. The Bertz CT molecular complexity index is 949. The van der Waals surface area contributed by atoms with Gasteiger partial charge in [-0.05, 0) is 52.2 Å². The number of anilines is 1. The summed E-state index contributed by atoms with van der Waals surface area (Å²) in [6, 6.07) is 9.54. The normalized spacial score (nSPS) is 11.8. The predicted octanol–water partition coefficient (Wildman–Crippen LogP) is 3.50. The van der Waals surface area contributed by atoms with Crippen LogP contribution < -0.4 is 10.5 Å². The zero-order chi connectivity index (χ0) is 17.3. The van der Waals surface area contributed by atoms with Crippen LogP contribution in [0.25, 0.3) is 10.2 Å². The molecule has 2 aromatic carbocycles. The predicted molar refractivity (Wildman–Crippen MR) is 97.3 cm³/mol. The molecule has 24 heavy (non-hydrogen) atoms. The molecule has 1 aromatic heterocycles. The minimum atomic E-state index is -3.66. The molecule has 9 heteroatoms. The van der Waals surface area contributed by atoms with Crippen LogP contribution in [0.4, 0.5) is 9.52 Å².